The largest absolute Gasteiger partial charge is 0.503 e. The van der Waals surface area contributed by atoms with E-state index < -0.39 is 29.1 Å². The minimum Gasteiger partial charge on any atom is -0.503 e. The molecule has 0 aliphatic heterocycles. The number of ether oxygens (including phenoxy) is 1. The number of nitrogens with one attached hydrogen (secondary N) is 1. The molecule has 146 valence electrons. The second-order valence-corrected chi connectivity index (χ2v) is 8.14. The Morgan fingerprint density at radius 1 is 1.33 bits per heavy atom. The van der Waals surface area contributed by atoms with E-state index >= 15 is 0 Å². The molecule has 2 rings (SSSR count). The number of aromatic nitrogens is 1. The topological polar surface area (TPSA) is 109 Å². The maximum atomic E-state index is 12.7. The fourth-order valence-electron chi connectivity index (χ4n) is 2.74. The maximum absolute atomic E-state index is 12.7. The van der Waals surface area contributed by atoms with Gasteiger partial charge in [-0.3, -0.25) is 4.79 Å². The van der Waals surface area contributed by atoms with Crippen LogP contribution in [0.4, 0.5) is 0 Å². The van der Waals surface area contributed by atoms with Crippen LogP contribution in [-0.4, -0.2) is 39.7 Å². The number of carboxylic acid groups (broad SMARTS) is 1. The van der Waals surface area contributed by atoms with Crippen LogP contribution < -0.4 is 10.1 Å². The lowest BCUT2D eigenvalue weighted by Gasteiger charge is -2.35. The molecule has 9 heteroatoms. The number of pyridine rings is 1. The van der Waals surface area contributed by atoms with Gasteiger partial charge in [-0.2, -0.15) is 0 Å². The fourth-order valence-corrected chi connectivity index (χ4v) is 3.96. The summed E-state index contributed by atoms with van der Waals surface area (Å²) in [6.07, 6.45) is 1.30. The van der Waals surface area contributed by atoms with Crippen LogP contribution in [0.15, 0.2) is 24.4 Å². The third kappa shape index (κ3) is 4.17. The number of amides is 1. The van der Waals surface area contributed by atoms with Gasteiger partial charge in [0.05, 0.1) is 11.4 Å². The second kappa shape index (κ2) is 8.14. The zero-order chi connectivity index (χ0) is 20.4. The summed E-state index contributed by atoms with van der Waals surface area (Å²) in [6.45, 7) is 5.05. The molecule has 2 aromatic heterocycles. The summed E-state index contributed by atoms with van der Waals surface area (Å²) < 4.78 is 5.57. The molecule has 3 unspecified atom stereocenters. The average molecular weight is 413 g/mol. The number of halogens is 1. The Morgan fingerprint density at radius 3 is 2.52 bits per heavy atom. The number of rotatable bonds is 7. The van der Waals surface area contributed by atoms with Crippen LogP contribution >= 0.6 is 22.9 Å². The van der Waals surface area contributed by atoms with E-state index in [4.69, 9.17) is 16.3 Å². The molecule has 3 atom stereocenters. The molecule has 0 aromatic carbocycles. The van der Waals surface area contributed by atoms with Crippen LogP contribution in [-0.2, 0) is 4.79 Å². The molecule has 0 bridgehead atoms. The van der Waals surface area contributed by atoms with E-state index in [-0.39, 0.29) is 17.4 Å². The van der Waals surface area contributed by atoms with Gasteiger partial charge >= 0.3 is 5.97 Å². The van der Waals surface area contributed by atoms with Crippen LogP contribution in [0.1, 0.15) is 42.1 Å². The highest BCUT2D eigenvalue weighted by molar-refractivity contribution is 7.16. The van der Waals surface area contributed by atoms with Crippen molar-refractivity contribution in [2.24, 2.45) is 5.92 Å². The van der Waals surface area contributed by atoms with Crippen molar-refractivity contribution in [3.63, 3.8) is 0 Å². The molecule has 0 saturated carbocycles. The smallest absolute Gasteiger partial charge is 0.329 e. The number of carboxylic acids is 1. The molecule has 2 heterocycles. The van der Waals surface area contributed by atoms with Crippen molar-refractivity contribution < 1.29 is 24.5 Å². The Bertz CT molecular complexity index is 856. The minimum absolute atomic E-state index is 0.0711. The van der Waals surface area contributed by atoms with Gasteiger partial charge in [-0.05, 0) is 30.9 Å². The van der Waals surface area contributed by atoms with Gasteiger partial charge in [-0.15, -0.1) is 11.3 Å². The molecular formula is C18H21ClN2O5S. The highest BCUT2D eigenvalue weighted by atomic mass is 35.5. The summed E-state index contributed by atoms with van der Waals surface area (Å²) in [5.41, 5.74) is -1.91. The van der Waals surface area contributed by atoms with Crippen molar-refractivity contribution >= 4 is 34.8 Å². The van der Waals surface area contributed by atoms with Crippen LogP contribution in [0, 0.1) is 5.92 Å². The third-order valence-corrected chi connectivity index (χ3v) is 6.28. The molecule has 0 spiro atoms. The number of aliphatic carboxylic acids is 1. The predicted octanol–water partition coefficient (Wildman–Crippen LogP) is 3.52. The number of carbonyl (C=O) groups excluding carboxylic acids is 1. The molecule has 7 nitrogen and oxygen atoms in total. The van der Waals surface area contributed by atoms with E-state index in [1.807, 2.05) is 13.0 Å². The van der Waals surface area contributed by atoms with Crippen LogP contribution in [0.3, 0.4) is 0 Å². The lowest BCUT2D eigenvalue weighted by Crippen LogP contribution is -2.57. The van der Waals surface area contributed by atoms with E-state index in [0.717, 1.165) is 4.88 Å². The summed E-state index contributed by atoms with van der Waals surface area (Å²) in [6, 6.07) is 4.99. The van der Waals surface area contributed by atoms with Crippen molar-refractivity contribution in [2.75, 3.05) is 7.11 Å². The Labute approximate surface area is 166 Å². The highest BCUT2D eigenvalue weighted by Crippen LogP contribution is 2.37. The van der Waals surface area contributed by atoms with Gasteiger partial charge in [0.15, 0.2) is 17.2 Å². The monoisotopic (exact) mass is 412 g/mol. The molecule has 1 amide bonds. The summed E-state index contributed by atoms with van der Waals surface area (Å²) in [7, 11) is 1.34. The minimum atomic E-state index is -1.61. The number of methoxy groups -OCH3 is 1. The second-order valence-electron chi connectivity index (χ2n) is 6.39. The van der Waals surface area contributed by atoms with Crippen molar-refractivity contribution in [1.29, 1.82) is 0 Å². The van der Waals surface area contributed by atoms with Crippen molar-refractivity contribution in [3.8, 4) is 11.5 Å². The van der Waals surface area contributed by atoms with E-state index in [2.05, 4.69) is 10.3 Å². The van der Waals surface area contributed by atoms with Gasteiger partial charge in [-0.1, -0.05) is 25.4 Å². The number of hydrogen-bond acceptors (Lipinski definition) is 6. The Morgan fingerprint density at radius 2 is 2.00 bits per heavy atom. The zero-order valence-corrected chi connectivity index (χ0v) is 16.9. The summed E-state index contributed by atoms with van der Waals surface area (Å²) in [5, 5.41) is 22.5. The van der Waals surface area contributed by atoms with E-state index in [1.165, 1.54) is 37.6 Å². The number of aromatic hydroxyl groups is 1. The number of thiophene rings is 1. The quantitative estimate of drug-likeness (QED) is 0.642. The first-order valence-electron chi connectivity index (χ1n) is 8.14. The lowest BCUT2D eigenvalue weighted by molar-refractivity contribution is -0.146. The highest BCUT2D eigenvalue weighted by Gasteiger charge is 2.44. The molecule has 0 saturated heterocycles. The van der Waals surface area contributed by atoms with E-state index in [9.17, 15) is 19.8 Å². The third-order valence-electron chi connectivity index (χ3n) is 4.84. The van der Waals surface area contributed by atoms with Crippen LogP contribution in [0.5, 0.6) is 11.5 Å². The van der Waals surface area contributed by atoms with Crippen molar-refractivity contribution in [2.45, 2.75) is 32.2 Å². The molecule has 0 fully saturated rings. The van der Waals surface area contributed by atoms with Gasteiger partial charge in [0.25, 0.3) is 5.91 Å². The van der Waals surface area contributed by atoms with Gasteiger partial charge in [0.1, 0.15) is 5.54 Å². The standard InChI is InChI=1S/C18H21ClN2O5S/c1-9(12-5-6-13(19)27-12)10(2)18(3,17(24)25)21-16(23)14-15(22)11(26-4)7-8-20-14/h5-10,22H,1-4H3,(H,21,23)(H,24,25). The van der Waals surface area contributed by atoms with Crippen LogP contribution in [0.25, 0.3) is 0 Å². The van der Waals surface area contributed by atoms with Crippen LogP contribution in [0.2, 0.25) is 4.34 Å². The van der Waals surface area contributed by atoms with Crippen molar-refractivity contribution in [1.82, 2.24) is 10.3 Å². The number of carbonyl (C=O) groups is 2. The molecule has 0 radical (unpaired) electrons. The maximum Gasteiger partial charge on any atom is 0.329 e. The van der Waals surface area contributed by atoms with E-state index in [0.29, 0.717) is 4.34 Å². The summed E-state index contributed by atoms with van der Waals surface area (Å²) in [5.74, 6) is -3.05. The van der Waals surface area contributed by atoms with Crippen molar-refractivity contribution in [3.05, 3.63) is 39.3 Å². The Kier molecular flexibility index (Phi) is 6.33. The molecule has 0 aliphatic rings. The fraction of sp³-hybridized carbons (Fsp3) is 0.389. The molecular weight excluding hydrogens is 392 g/mol. The van der Waals surface area contributed by atoms with Gasteiger partial charge in [0.2, 0.25) is 0 Å². The lowest BCUT2D eigenvalue weighted by atomic mass is 9.78. The summed E-state index contributed by atoms with van der Waals surface area (Å²) in [4.78, 5) is 29.4. The molecule has 2 aromatic rings. The van der Waals surface area contributed by atoms with E-state index in [1.54, 1.807) is 13.0 Å². The first-order chi connectivity index (χ1) is 12.6. The first-order valence-corrected chi connectivity index (χ1v) is 9.34. The Balaban J connectivity index is 2.33. The number of nitrogens with zero attached hydrogens (tertiary/aromatic N) is 1. The SMILES string of the molecule is COc1ccnc(C(=O)NC(C)(C(=O)O)C(C)C(C)c2ccc(Cl)s2)c1O. The predicted molar refractivity (Wildman–Crippen MR) is 103 cm³/mol. The van der Waals surface area contributed by atoms with Gasteiger partial charge < -0.3 is 20.3 Å². The normalized spacial score (nSPS) is 15.4. The molecule has 0 aliphatic carbocycles. The number of hydrogen-bond donors (Lipinski definition) is 3. The molecule has 3 N–H and O–H groups in total. The summed E-state index contributed by atoms with van der Waals surface area (Å²) >= 11 is 7.35. The first kappa shape index (κ1) is 21.0. The van der Waals surface area contributed by atoms with Gasteiger partial charge in [0, 0.05) is 17.1 Å². The molecule has 27 heavy (non-hydrogen) atoms. The van der Waals surface area contributed by atoms with Gasteiger partial charge in [-0.25, -0.2) is 9.78 Å². The average Bonchev–Trinajstić information content (AvgIpc) is 3.06. The zero-order valence-electron chi connectivity index (χ0n) is 15.3. The Hall–Kier alpha value is -2.32.